The first kappa shape index (κ1) is 15.1. The summed E-state index contributed by atoms with van der Waals surface area (Å²) in [7, 11) is 0. The van der Waals surface area contributed by atoms with E-state index < -0.39 is 0 Å². The van der Waals surface area contributed by atoms with Crippen LogP contribution in [-0.4, -0.2) is 39.0 Å². The minimum atomic E-state index is 0.0455. The Hall–Kier alpha value is -2.47. The van der Waals surface area contributed by atoms with Crippen LogP contribution in [0.1, 0.15) is 23.2 Å². The molecule has 6 nitrogen and oxygen atoms in total. The van der Waals surface area contributed by atoms with Gasteiger partial charge in [-0.2, -0.15) is 5.10 Å². The normalized spacial score (nSPS) is 15.8. The number of hydrogen-bond acceptors (Lipinski definition) is 5. The van der Waals surface area contributed by atoms with Crippen molar-refractivity contribution in [1.82, 2.24) is 20.2 Å². The molecule has 0 amide bonds. The maximum atomic E-state index is 12.6. The van der Waals surface area contributed by atoms with Gasteiger partial charge in [-0.15, -0.1) is 0 Å². The number of piperidine rings is 1. The molecule has 0 saturated carbocycles. The van der Waals surface area contributed by atoms with Gasteiger partial charge in [-0.05, 0) is 37.1 Å². The SMILES string of the molecule is O=C(c1ccc(Cl)cc1)C1CCN(c2ncnc3[nH]ncc23)CC1. The second-order valence-electron chi connectivity index (χ2n) is 5.96. The molecule has 1 saturated heterocycles. The predicted molar refractivity (Wildman–Crippen MR) is 92.4 cm³/mol. The van der Waals surface area contributed by atoms with Crippen molar-refractivity contribution < 1.29 is 4.79 Å². The van der Waals surface area contributed by atoms with Crippen LogP contribution < -0.4 is 4.90 Å². The maximum Gasteiger partial charge on any atom is 0.166 e. The number of carbonyl (C=O) groups excluding carboxylic acids is 1. The molecule has 2 aromatic heterocycles. The number of halogens is 1. The van der Waals surface area contributed by atoms with Crippen LogP contribution in [0.25, 0.3) is 11.0 Å². The third-order valence-electron chi connectivity index (χ3n) is 4.52. The van der Waals surface area contributed by atoms with Gasteiger partial charge in [0.2, 0.25) is 0 Å². The Morgan fingerprint density at radius 2 is 1.92 bits per heavy atom. The minimum Gasteiger partial charge on any atom is -0.356 e. The van der Waals surface area contributed by atoms with Gasteiger partial charge in [0.15, 0.2) is 11.4 Å². The van der Waals surface area contributed by atoms with Crippen LogP contribution in [0.4, 0.5) is 5.82 Å². The summed E-state index contributed by atoms with van der Waals surface area (Å²) in [4.78, 5) is 23.4. The van der Waals surface area contributed by atoms with Gasteiger partial charge in [-0.1, -0.05) is 11.6 Å². The molecule has 3 aromatic rings. The van der Waals surface area contributed by atoms with Gasteiger partial charge in [-0.25, -0.2) is 9.97 Å². The highest BCUT2D eigenvalue weighted by atomic mass is 35.5. The van der Waals surface area contributed by atoms with Crippen LogP contribution in [0.5, 0.6) is 0 Å². The summed E-state index contributed by atoms with van der Waals surface area (Å²) >= 11 is 5.89. The number of carbonyl (C=O) groups is 1. The van der Waals surface area contributed by atoms with E-state index in [9.17, 15) is 4.79 Å². The van der Waals surface area contributed by atoms with E-state index >= 15 is 0 Å². The molecule has 24 heavy (non-hydrogen) atoms. The van der Waals surface area contributed by atoms with Crippen LogP contribution in [0.2, 0.25) is 5.02 Å². The van der Waals surface area contributed by atoms with Gasteiger partial charge in [0.05, 0.1) is 11.6 Å². The fourth-order valence-electron chi connectivity index (χ4n) is 3.21. The van der Waals surface area contributed by atoms with Gasteiger partial charge < -0.3 is 4.90 Å². The first-order valence-electron chi connectivity index (χ1n) is 7.91. The van der Waals surface area contributed by atoms with E-state index in [1.807, 2.05) is 0 Å². The summed E-state index contributed by atoms with van der Waals surface area (Å²) in [5.74, 6) is 1.12. The number of aromatic amines is 1. The molecule has 0 spiro atoms. The van der Waals surface area contributed by atoms with E-state index in [-0.39, 0.29) is 11.7 Å². The Morgan fingerprint density at radius 1 is 1.17 bits per heavy atom. The average molecular weight is 342 g/mol. The number of nitrogens with one attached hydrogen (secondary N) is 1. The molecule has 0 bridgehead atoms. The lowest BCUT2D eigenvalue weighted by molar-refractivity contribution is 0.0900. The van der Waals surface area contributed by atoms with Crippen LogP contribution in [0.3, 0.4) is 0 Å². The quantitative estimate of drug-likeness (QED) is 0.741. The van der Waals surface area contributed by atoms with E-state index in [4.69, 9.17) is 11.6 Å². The molecule has 3 heterocycles. The van der Waals surface area contributed by atoms with E-state index in [0.29, 0.717) is 5.02 Å². The van der Waals surface area contributed by atoms with Crippen molar-refractivity contribution in [1.29, 1.82) is 0 Å². The van der Waals surface area contributed by atoms with Gasteiger partial charge in [0.25, 0.3) is 0 Å². The van der Waals surface area contributed by atoms with Crippen LogP contribution in [0, 0.1) is 5.92 Å². The first-order valence-corrected chi connectivity index (χ1v) is 8.29. The second kappa shape index (κ2) is 6.20. The van der Waals surface area contributed by atoms with Gasteiger partial charge in [-0.3, -0.25) is 9.89 Å². The average Bonchev–Trinajstić information content (AvgIpc) is 3.11. The Balaban J connectivity index is 1.48. The predicted octanol–water partition coefficient (Wildman–Crippen LogP) is 3.11. The number of benzene rings is 1. The molecule has 0 atom stereocenters. The fraction of sp³-hybridized carbons (Fsp3) is 0.294. The zero-order chi connectivity index (χ0) is 16.5. The molecule has 0 unspecified atom stereocenters. The number of nitrogens with zero attached hydrogens (tertiary/aromatic N) is 4. The standard InChI is InChI=1S/C17H16ClN5O/c18-13-3-1-11(2-4-13)15(24)12-5-7-23(8-6-12)17-14-9-21-22-16(14)19-10-20-17/h1-4,9-10,12H,5-8H2,(H,19,20,21,22). The van der Waals surface area contributed by atoms with Crippen molar-refractivity contribution in [3.8, 4) is 0 Å². The number of rotatable bonds is 3. The first-order chi connectivity index (χ1) is 11.7. The maximum absolute atomic E-state index is 12.6. The Morgan fingerprint density at radius 3 is 2.67 bits per heavy atom. The van der Waals surface area contributed by atoms with E-state index in [0.717, 1.165) is 48.3 Å². The Bertz CT molecular complexity index is 868. The van der Waals surface area contributed by atoms with Gasteiger partial charge in [0.1, 0.15) is 12.1 Å². The monoisotopic (exact) mass is 341 g/mol. The van der Waals surface area contributed by atoms with Crippen molar-refractivity contribution >= 4 is 34.2 Å². The van der Waals surface area contributed by atoms with E-state index in [1.165, 1.54) is 0 Å². The highest BCUT2D eigenvalue weighted by Gasteiger charge is 2.27. The Labute approximate surface area is 143 Å². The molecule has 4 rings (SSSR count). The van der Waals surface area contributed by atoms with Gasteiger partial charge in [0, 0.05) is 29.6 Å². The molecule has 1 fully saturated rings. The van der Waals surface area contributed by atoms with Crippen LogP contribution in [0.15, 0.2) is 36.8 Å². The zero-order valence-corrected chi connectivity index (χ0v) is 13.7. The minimum absolute atomic E-state index is 0.0455. The highest BCUT2D eigenvalue weighted by Crippen LogP contribution is 2.28. The third-order valence-corrected chi connectivity index (χ3v) is 4.77. The number of H-pyrrole nitrogens is 1. The summed E-state index contributed by atoms with van der Waals surface area (Å²) in [5.41, 5.74) is 1.47. The lowest BCUT2D eigenvalue weighted by atomic mass is 9.89. The molecule has 1 aliphatic heterocycles. The summed E-state index contributed by atoms with van der Waals surface area (Å²) in [6.07, 6.45) is 4.91. The number of anilines is 1. The molecule has 122 valence electrons. The largest absolute Gasteiger partial charge is 0.356 e. The van der Waals surface area contributed by atoms with Crippen molar-refractivity contribution in [3.63, 3.8) is 0 Å². The summed E-state index contributed by atoms with van der Waals surface area (Å²) < 4.78 is 0. The van der Waals surface area contributed by atoms with Gasteiger partial charge >= 0.3 is 0 Å². The molecule has 7 heteroatoms. The second-order valence-corrected chi connectivity index (χ2v) is 6.40. The Kier molecular flexibility index (Phi) is 3.90. The smallest absolute Gasteiger partial charge is 0.166 e. The summed E-state index contributed by atoms with van der Waals surface area (Å²) in [6, 6.07) is 7.13. The molecule has 1 aromatic carbocycles. The van der Waals surface area contributed by atoms with Crippen molar-refractivity contribution in [2.75, 3.05) is 18.0 Å². The van der Waals surface area contributed by atoms with Crippen molar-refractivity contribution in [3.05, 3.63) is 47.4 Å². The molecule has 1 N–H and O–H groups in total. The topological polar surface area (TPSA) is 74.8 Å². The highest BCUT2D eigenvalue weighted by molar-refractivity contribution is 6.30. The third kappa shape index (κ3) is 2.73. The number of aromatic nitrogens is 4. The van der Waals surface area contributed by atoms with E-state index in [2.05, 4.69) is 25.1 Å². The van der Waals surface area contributed by atoms with Crippen LogP contribution in [-0.2, 0) is 0 Å². The summed E-state index contributed by atoms with van der Waals surface area (Å²) in [5, 5.41) is 8.45. The number of hydrogen-bond donors (Lipinski definition) is 1. The molecular formula is C17H16ClN5O. The molecular weight excluding hydrogens is 326 g/mol. The summed E-state index contributed by atoms with van der Waals surface area (Å²) in [6.45, 7) is 1.59. The number of ketones is 1. The van der Waals surface area contributed by atoms with E-state index in [1.54, 1.807) is 36.8 Å². The zero-order valence-electron chi connectivity index (χ0n) is 12.9. The van der Waals surface area contributed by atoms with Crippen LogP contribution >= 0.6 is 11.6 Å². The fourth-order valence-corrected chi connectivity index (χ4v) is 3.33. The lowest BCUT2D eigenvalue weighted by Crippen LogP contribution is -2.37. The van der Waals surface area contributed by atoms with Crippen molar-refractivity contribution in [2.24, 2.45) is 5.92 Å². The lowest BCUT2D eigenvalue weighted by Gasteiger charge is -2.32. The molecule has 0 radical (unpaired) electrons. The number of Topliss-reactive ketones (excluding diaryl/α,β-unsaturated/α-hetero) is 1. The molecule has 1 aliphatic rings. The number of fused-ring (bicyclic) bond motifs is 1. The molecule has 0 aliphatic carbocycles. The van der Waals surface area contributed by atoms with Crippen molar-refractivity contribution in [2.45, 2.75) is 12.8 Å².